The SMILES string of the molecule is O=C(c1ccc(Cl)c(S(=O)(=O)N2CCOCC2)c1)N1CCCCCCC1. The zero-order valence-corrected chi connectivity index (χ0v) is 16.4. The lowest BCUT2D eigenvalue weighted by Gasteiger charge is -2.27. The maximum atomic E-state index is 12.9. The van der Waals surface area contributed by atoms with Crippen LogP contribution in [0.25, 0.3) is 0 Å². The highest BCUT2D eigenvalue weighted by Crippen LogP contribution is 2.27. The number of likely N-dealkylation sites (tertiary alicyclic amines) is 1. The molecule has 0 radical (unpaired) electrons. The van der Waals surface area contributed by atoms with Crippen LogP contribution in [0.3, 0.4) is 0 Å². The Hall–Kier alpha value is -1.15. The number of ether oxygens (including phenoxy) is 1. The molecule has 0 atom stereocenters. The predicted octanol–water partition coefficient (Wildman–Crippen LogP) is 2.77. The highest BCUT2D eigenvalue weighted by Gasteiger charge is 2.29. The lowest BCUT2D eigenvalue weighted by Crippen LogP contribution is -2.40. The van der Waals surface area contributed by atoms with Crippen LogP contribution >= 0.6 is 11.6 Å². The van der Waals surface area contributed by atoms with Crippen LogP contribution < -0.4 is 0 Å². The number of halogens is 1. The van der Waals surface area contributed by atoms with Crippen molar-refractivity contribution in [2.45, 2.75) is 37.0 Å². The van der Waals surface area contributed by atoms with Gasteiger partial charge in [-0.15, -0.1) is 0 Å². The second-order valence-corrected chi connectivity index (χ2v) is 9.04. The third kappa shape index (κ3) is 4.39. The van der Waals surface area contributed by atoms with Crippen LogP contribution in [0, 0.1) is 0 Å². The van der Waals surface area contributed by atoms with Gasteiger partial charge in [-0.2, -0.15) is 4.31 Å². The largest absolute Gasteiger partial charge is 0.379 e. The molecule has 0 bridgehead atoms. The Morgan fingerprint density at radius 1 is 0.962 bits per heavy atom. The van der Waals surface area contributed by atoms with E-state index < -0.39 is 10.0 Å². The number of rotatable bonds is 3. The standard InChI is InChI=1S/C18H25ClN2O4S/c19-16-7-6-15(18(22)20-8-4-2-1-3-5-9-20)14-17(16)26(23,24)21-10-12-25-13-11-21/h6-7,14H,1-5,8-13H2. The summed E-state index contributed by atoms with van der Waals surface area (Å²) in [6, 6.07) is 4.54. The summed E-state index contributed by atoms with van der Waals surface area (Å²) in [6.07, 6.45) is 5.43. The first-order valence-corrected chi connectivity index (χ1v) is 11.0. The minimum absolute atomic E-state index is 0.000962. The Labute approximate surface area is 160 Å². The van der Waals surface area contributed by atoms with Crippen molar-refractivity contribution >= 4 is 27.5 Å². The quantitative estimate of drug-likeness (QED) is 0.782. The summed E-state index contributed by atoms with van der Waals surface area (Å²) in [6.45, 7) is 2.75. The van der Waals surface area contributed by atoms with E-state index in [0.717, 1.165) is 25.7 Å². The van der Waals surface area contributed by atoms with Gasteiger partial charge in [0.15, 0.2) is 0 Å². The maximum Gasteiger partial charge on any atom is 0.253 e. The number of amides is 1. The van der Waals surface area contributed by atoms with Crippen molar-refractivity contribution in [1.82, 2.24) is 9.21 Å². The van der Waals surface area contributed by atoms with E-state index in [-0.39, 0.29) is 15.8 Å². The number of sulfonamides is 1. The molecule has 0 aliphatic carbocycles. The van der Waals surface area contributed by atoms with Gasteiger partial charge in [0.25, 0.3) is 5.91 Å². The molecule has 3 rings (SSSR count). The van der Waals surface area contributed by atoms with Gasteiger partial charge in [-0.05, 0) is 31.0 Å². The van der Waals surface area contributed by atoms with Gasteiger partial charge in [0, 0.05) is 31.7 Å². The van der Waals surface area contributed by atoms with E-state index in [2.05, 4.69) is 0 Å². The molecule has 2 fully saturated rings. The van der Waals surface area contributed by atoms with E-state index in [4.69, 9.17) is 16.3 Å². The number of carbonyl (C=O) groups excluding carboxylic acids is 1. The number of carbonyl (C=O) groups is 1. The van der Waals surface area contributed by atoms with Crippen LogP contribution in [0.2, 0.25) is 5.02 Å². The number of benzene rings is 1. The average molecular weight is 401 g/mol. The number of hydrogen-bond donors (Lipinski definition) is 0. The highest BCUT2D eigenvalue weighted by molar-refractivity contribution is 7.89. The lowest BCUT2D eigenvalue weighted by atomic mass is 10.1. The molecular formula is C18H25ClN2O4S. The summed E-state index contributed by atoms with van der Waals surface area (Å²) in [7, 11) is -3.74. The van der Waals surface area contributed by atoms with Crippen molar-refractivity contribution < 1.29 is 17.9 Å². The molecule has 0 N–H and O–H groups in total. The first-order valence-electron chi connectivity index (χ1n) is 9.17. The average Bonchev–Trinajstić information content (AvgIpc) is 2.62. The molecule has 0 saturated carbocycles. The van der Waals surface area contributed by atoms with Crippen LogP contribution in [0.1, 0.15) is 42.5 Å². The van der Waals surface area contributed by atoms with Crippen LogP contribution in [-0.4, -0.2) is 62.9 Å². The molecule has 2 aliphatic heterocycles. The summed E-state index contributed by atoms with van der Waals surface area (Å²) >= 11 is 6.18. The van der Waals surface area contributed by atoms with Gasteiger partial charge in [-0.1, -0.05) is 30.9 Å². The predicted molar refractivity (Wildman–Crippen MR) is 100 cm³/mol. The fourth-order valence-corrected chi connectivity index (χ4v) is 5.30. The summed E-state index contributed by atoms with van der Waals surface area (Å²) in [5.41, 5.74) is 0.377. The van der Waals surface area contributed by atoms with E-state index in [1.54, 1.807) is 6.07 Å². The van der Waals surface area contributed by atoms with Gasteiger partial charge in [-0.25, -0.2) is 8.42 Å². The molecule has 6 nitrogen and oxygen atoms in total. The molecular weight excluding hydrogens is 376 g/mol. The van der Waals surface area contributed by atoms with Crippen molar-refractivity contribution in [2.24, 2.45) is 0 Å². The highest BCUT2D eigenvalue weighted by atomic mass is 35.5. The third-order valence-corrected chi connectivity index (χ3v) is 7.29. The van der Waals surface area contributed by atoms with Gasteiger partial charge in [0.1, 0.15) is 4.90 Å². The maximum absolute atomic E-state index is 12.9. The zero-order chi connectivity index (χ0) is 18.6. The van der Waals surface area contributed by atoms with Crippen LogP contribution in [0.4, 0.5) is 0 Å². The Morgan fingerprint density at radius 3 is 2.23 bits per heavy atom. The number of morpholine rings is 1. The second-order valence-electron chi connectivity index (χ2n) is 6.72. The Balaban J connectivity index is 1.85. The Kier molecular flexibility index (Phi) is 6.55. The van der Waals surface area contributed by atoms with Crippen molar-refractivity contribution in [1.29, 1.82) is 0 Å². The van der Waals surface area contributed by atoms with E-state index in [9.17, 15) is 13.2 Å². The van der Waals surface area contributed by atoms with Crippen LogP contribution in [-0.2, 0) is 14.8 Å². The van der Waals surface area contributed by atoms with Crippen molar-refractivity contribution in [3.63, 3.8) is 0 Å². The Morgan fingerprint density at radius 2 is 1.58 bits per heavy atom. The molecule has 0 aromatic heterocycles. The second kappa shape index (κ2) is 8.69. The van der Waals surface area contributed by atoms with E-state index >= 15 is 0 Å². The topological polar surface area (TPSA) is 66.9 Å². The Bertz CT molecular complexity index is 740. The zero-order valence-electron chi connectivity index (χ0n) is 14.8. The van der Waals surface area contributed by atoms with Gasteiger partial charge < -0.3 is 9.64 Å². The molecule has 2 saturated heterocycles. The van der Waals surface area contributed by atoms with Crippen LogP contribution in [0.15, 0.2) is 23.1 Å². The van der Waals surface area contributed by atoms with Crippen molar-refractivity contribution in [3.05, 3.63) is 28.8 Å². The minimum Gasteiger partial charge on any atom is -0.379 e. The van der Waals surface area contributed by atoms with Crippen LogP contribution in [0.5, 0.6) is 0 Å². The third-order valence-electron chi connectivity index (χ3n) is 4.91. The molecule has 2 aliphatic rings. The van der Waals surface area contributed by atoms with E-state index in [1.165, 1.54) is 22.9 Å². The normalized spacial score (nSPS) is 20.4. The van der Waals surface area contributed by atoms with Gasteiger partial charge in [0.2, 0.25) is 10.0 Å². The fourth-order valence-electron chi connectivity index (χ4n) is 3.39. The molecule has 1 amide bonds. The van der Waals surface area contributed by atoms with E-state index in [0.29, 0.717) is 45.0 Å². The molecule has 1 aromatic rings. The van der Waals surface area contributed by atoms with Crippen molar-refractivity contribution in [3.8, 4) is 0 Å². The molecule has 0 spiro atoms. The molecule has 1 aromatic carbocycles. The first kappa shape index (κ1) is 19.6. The summed E-state index contributed by atoms with van der Waals surface area (Å²) in [5.74, 6) is -0.123. The minimum atomic E-state index is -3.74. The lowest BCUT2D eigenvalue weighted by molar-refractivity contribution is 0.0728. The molecule has 0 unspecified atom stereocenters. The number of nitrogens with zero attached hydrogens (tertiary/aromatic N) is 2. The van der Waals surface area contributed by atoms with Gasteiger partial charge >= 0.3 is 0 Å². The monoisotopic (exact) mass is 400 g/mol. The van der Waals surface area contributed by atoms with Gasteiger partial charge in [0.05, 0.1) is 18.2 Å². The summed E-state index contributed by atoms with van der Waals surface area (Å²) in [5, 5.41) is 0.140. The summed E-state index contributed by atoms with van der Waals surface area (Å²) < 4.78 is 32.4. The van der Waals surface area contributed by atoms with Crippen molar-refractivity contribution in [2.75, 3.05) is 39.4 Å². The van der Waals surface area contributed by atoms with E-state index in [1.807, 2.05) is 4.90 Å². The number of hydrogen-bond acceptors (Lipinski definition) is 4. The first-order chi connectivity index (χ1) is 12.5. The molecule has 144 valence electrons. The smallest absolute Gasteiger partial charge is 0.253 e. The summed E-state index contributed by atoms with van der Waals surface area (Å²) in [4.78, 5) is 14.7. The molecule has 8 heteroatoms. The molecule has 26 heavy (non-hydrogen) atoms. The fraction of sp³-hybridized carbons (Fsp3) is 0.611. The van der Waals surface area contributed by atoms with Gasteiger partial charge in [-0.3, -0.25) is 4.79 Å². The molecule has 2 heterocycles.